The molecule has 35 heavy (non-hydrogen) atoms. The molecule has 8 heteroatoms. The predicted octanol–water partition coefficient (Wildman–Crippen LogP) is 4.60. The van der Waals surface area contributed by atoms with Gasteiger partial charge in [-0.3, -0.25) is 4.79 Å². The van der Waals surface area contributed by atoms with Gasteiger partial charge in [-0.1, -0.05) is 48.5 Å². The maximum Gasteiger partial charge on any atom is 0.378 e. The van der Waals surface area contributed by atoms with E-state index in [1.54, 1.807) is 11.8 Å². The number of benzene rings is 2. The molecule has 4 aromatic rings. The second-order valence-corrected chi connectivity index (χ2v) is 8.33. The molecule has 0 N–H and O–H groups in total. The van der Waals surface area contributed by atoms with Crippen molar-refractivity contribution in [3.8, 4) is 17.1 Å². The molecule has 4 rings (SSSR count). The Bertz CT molecular complexity index is 1270. The van der Waals surface area contributed by atoms with Crippen LogP contribution in [-0.2, 0) is 9.47 Å². The van der Waals surface area contributed by atoms with Gasteiger partial charge in [-0.25, -0.2) is 14.5 Å². The van der Waals surface area contributed by atoms with E-state index in [0.717, 1.165) is 22.6 Å². The van der Waals surface area contributed by atoms with Crippen LogP contribution in [0.25, 0.3) is 17.1 Å². The SMILES string of the molecule is COC[C@H](C)n1c(C)cc(C(=O)COC(=O)c2nc(-c3ccccc3)n(-c3ccccc3)n2)c1C. The number of carbonyl (C=O) groups is 2. The average molecular weight is 473 g/mol. The van der Waals surface area contributed by atoms with E-state index in [-0.39, 0.29) is 17.6 Å². The van der Waals surface area contributed by atoms with Gasteiger partial charge in [0, 0.05) is 29.6 Å². The lowest BCUT2D eigenvalue weighted by atomic mass is 10.1. The van der Waals surface area contributed by atoms with Crippen molar-refractivity contribution in [3.63, 3.8) is 0 Å². The Hall–Kier alpha value is -4.04. The second-order valence-electron chi connectivity index (χ2n) is 8.33. The zero-order valence-electron chi connectivity index (χ0n) is 20.3. The van der Waals surface area contributed by atoms with Gasteiger partial charge in [-0.05, 0) is 39.0 Å². The van der Waals surface area contributed by atoms with E-state index in [0.29, 0.717) is 18.0 Å². The third-order valence-corrected chi connectivity index (χ3v) is 5.79. The molecule has 1 atom stereocenters. The summed E-state index contributed by atoms with van der Waals surface area (Å²) in [6, 6.07) is 20.8. The number of ketones is 1. The Labute approximate surface area is 204 Å². The molecule has 2 aromatic carbocycles. The minimum atomic E-state index is -0.758. The molecule has 0 unspecified atom stereocenters. The van der Waals surface area contributed by atoms with Crippen LogP contribution in [0.4, 0.5) is 0 Å². The monoisotopic (exact) mass is 472 g/mol. The van der Waals surface area contributed by atoms with Crippen molar-refractivity contribution in [1.82, 2.24) is 19.3 Å². The Morgan fingerprint density at radius 1 is 1.00 bits per heavy atom. The molecule has 0 fully saturated rings. The number of Topliss-reactive ketones (excluding diaryl/α,β-unsaturated/α-hetero) is 1. The van der Waals surface area contributed by atoms with Crippen LogP contribution in [0.1, 0.15) is 45.3 Å². The summed E-state index contributed by atoms with van der Waals surface area (Å²) >= 11 is 0. The van der Waals surface area contributed by atoms with E-state index >= 15 is 0 Å². The lowest BCUT2D eigenvalue weighted by Gasteiger charge is -2.17. The van der Waals surface area contributed by atoms with Gasteiger partial charge >= 0.3 is 5.97 Å². The van der Waals surface area contributed by atoms with Crippen LogP contribution in [0, 0.1) is 13.8 Å². The summed E-state index contributed by atoms with van der Waals surface area (Å²) in [5, 5.41) is 4.39. The molecule has 180 valence electrons. The van der Waals surface area contributed by atoms with Crippen molar-refractivity contribution in [2.75, 3.05) is 20.3 Å². The fraction of sp³-hybridized carbons (Fsp3) is 0.259. The highest BCUT2D eigenvalue weighted by Crippen LogP contribution is 2.23. The van der Waals surface area contributed by atoms with Gasteiger partial charge in [0.25, 0.3) is 5.82 Å². The van der Waals surface area contributed by atoms with Crippen LogP contribution >= 0.6 is 0 Å². The molecule has 0 spiro atoms. The molecular formula is C27H28N4O4. The topological polar surface area (TPSA) is 88.2 Å². The lowest BCUT2D eigenvalue weighted by Crippen LogP contribution is -2.17. The number of hydrogen-bond donors (Lipinski definition) is 0. The summed E-state index contributed by atoms with van der Waals surface area (Å²) in [6.45, 7) is 5.97. The van der Waals surface area contributed by atoms with E-state index in [2.05, 4.69) is 10.1 Å². The van der Waals surface area contributed by atoms with Gasteiger partial charge in [0.15, 0.2) is 12.4 Å². The molecule has 0 amide bonds. The van der Waals surface area contributed by atoms with E-state index in [9.17, 15) is 9.59 Å². The minimum Gasteiger partial charge on any atom is -0.451 e. The van der Waals surface area contributed by atoms with Crippen LogP contribution in [0.15, 0.2) is 66.7 Å². The molecule has 2 aromatic heterocycles. The standard InChI is InChI=1S/C27H28N4O4/c1-18-15-23(20(3)30(18)19(2)16-34-4)24(32)17-35-27(33)25-28-26(21-11-7-5-8-12-21)31(29-25)22-13-9-6-10-14-22/h5-15,19H,16-17H2,1-4H3/t19-/m0/s1. The zero-order valence-corrected chi connectivity index (χ0v) is 20.3. The third-order valence-electron chi connectivity index (χ3n) is 5.79. The summed E-state index contributed by atoms with van der Waals surface area (Å²) < 4.78 is 14.2. The van der Waals surface area contributed by atoms with Crippen molar-refractivity contribution >= 4 is 11.8 Å². The maximum atomic E-state index is 12.9. The van der Waals surface area contributed by atoms with E-state index in [4.69, 9.17) is 9.47 Å². The number of ether oxygens (including phenoxy) is 2. The molecule has 0 aliphatic carbocycles. The van der Waals surface area contributed by atoms with Crippen molar-refractivity contribution in [1.29, 1.82) is 0 Å². The van der Waals surface area contributed by atoms with Crippen molar-refractivity contribution in [3.05, 3.63) is 89.5 Å². The second kappa shape index (κ2) is 10.5. The molecule has 0 saturated carbocycles. The lowest BCUT2D eigenvalue weighted by molar-refractivity contribution is 0.0462. The normalized spacial score (nSPS) is 11.9. The van der Waals surface area contributed by atoms with Gasteiger partial charge in [-0.15, -0.1) is 5.10 Å². The molecule has 0 aliphatic rings. The highest BCUT2D eigenvalue weighted by Gasteiger charge is 2.23. The quantitative estimate of drug-likeness (QED) is 0.261. The first-order valence-corrected chi connectivity index (χ1v) is 11.4. The van der Waals surface area contributed by atoms with Gasteiger partial charge in [0.05, 0.1) is 18.3 Å². The van der Waals surface area contributed by atoms with Crippen LogP contribution in [-0.4, -0.2) is 51.4 Å². The van der Waals surface area contributed by atoms with Gasteiger partial charge in [0.1, 0.15) is 0 Å². The number of rotatable bonds is 9. The number of aryl methyl sites for hydroxylation is 1. The van der Waals surface area contributed by atoms with Crippen LogP contribution in [0.5, 0.6) is 0 Å². The predicted molar refractivity (Wildman–Crippen MR) is 132 cm³/mol. The fourth-order valence-electron chi connectivity index (χ4n) is 4.25. The Kier molecular flexibility index (Phi) is 7.22. The number of carbonyl (C=O) groups excluding carboxylic acids is 2. The van der Waals surface area contributed by atoms with Crippen molar-refractivity contribution in [2.24, 2.45) is 0 Å². The van der Waals surface area contributed by atoms with Gasteiger partial charge < -0.3 is 14.0 Å². The Morgan fingerprint density at radius 2 is 1.66 bits per heavy atom. The maximum absolute atomic E-state index is 12.9. The number of esters is 1. The molecule has 2 heterocycles. The number of para-hydroxylation sites is 1. The molecule has 8 nitrogen and oxygen atoms in total. The van der Waals surface area contributed by atoms with Gasteiger partial charge in [-0.2, -0.15) is 0 Å². The largest absolute Gasteiger partial charge is 0.451 e. The summed E-state index contributed by atoms with van der Waals surface area (Å²) in [4.78, 5) is 30.2. The summed E-state index contributed by atoms with van der Waals surface area (Å²) in [7, 11) is 1.65. The molecule has 0 saturated heterocycles. The zero-order chi connectivity index (χ0) is 24.9. The first-order valence-electron chi connectivity index (χ1n) is 11.4. The summed E-state index contributed by atoms with van der Waals surface area (Å²) in [5.41, 5.74) is 3.83. The average Bonchev–Trinajstić information content (AvgIpc) is 3.45. The summed E-state index contributed by atoms with van der Waals surface area (Å²) in [5.74, 6) is -0.648. The number of methoxy groups -OCH3 is 1. The highest BCUT2D eigenvalue weighted by atomic mass is 16.5. The molecular weight excluding hydrogens is 444 g/mol. The molecule has 0 aliphatic heterocycles. The minimum absolute atomic E-state index is 0.0756. The Balaban J connectivity index is 1.55. The first-order chi connectivity index (χ1) is 16.9. The fourth-order valence-corrected chi connectivity index (χ4v) is 4.25. The first kappa shape index (κ1) is 24.1. The van der Waals surface area contributed by atoms with Crippen LogP contribution in [0.2, 0.25) is 0 Å². The Morgan fingerprint density at radius 3 is 2.31 bits per heavy atom. The number of hydrogen-bond acceptors (Lipinski definition) is 6. The highest BCUT2D eigenvalue weighted by molar-refractivity contribution is 6.00. The van der Waals surface area contributed by atoms with Crippen molar-refractivity contribution < 1.29 is 19.1 Å². The smallest absolute Gasteiger partial charge is 0.378 e. The van der Waals surface area contributed by atoms with E-state index in [1.807, 2.05) is 92.1 Å². The van der Waals surface area contributed by atoms with E-state index < -0.39 is 12.6 Å². The molecule has 0 bridgehead atoms. The van der Waals surface area contributed by atoms with Crippen LogP contribution < -0.4 is 0 Å². The molecule has 0 radical (unpaired) electrons. The van der Waals surface area contributed by atoms with Crippen molar-refractivity contribution in [2.45, 2.75) is 26.8 Å². The van der Waals surface area contributed by atoms with Crippen LogP contribution in [0.3, 0.4) is 0 Å². The number of nitrogens with zero attached hydrogens (tertiary/aromatic N) is 4. The third kappa shape index (κ3) is 5.07. The van der Waals surface area contributed by atoms with E-state index in [1.165, 1.54) is 0 Å². The number of aromatic nitrogens is 4. The summed E-state index contributed by atoms with van der Waals surface area (Å²) in [6.07, 6.45) is 0. The van der Waals surface area contributed by atoms with Gasteiger partial charge in [0.2, 0.25) is 5.78 Å².